The lowest BCUT2D eigenvalue weighted by molar-refractivity contribution is -0.120. The molecule has 2 aromatic rings. The van der Waals surface area contributed by atoms with Crippen LogP contribution in [-0.4, -0.2) is 62.1 Å². The summed E-state index contributed by atoms with van der Waals surface area (Å²) in [5.74, 6) is 2.04. The molecule has 8 nitrogen and oxygen atoms in total. The van der Waals surface area contributed by atoms with E-state index in [4.69, 9.17) is 9.47 Å². The van der Waals surface area contributed by atoms with Crippen molar-refractivity contribution in [2.45, 2.75) is 25.7 Å². The summed E-state index contributed by atoms with van der Waals surface area (Å²) < 4.78 is 10.5. The topological polar surface area (TPSA) is 84.0 Å². The second-order valence-electron chi connectivity index (χ2n) is 8.25. The van der Waals surface area contributed by atoms with Crippen LogP contribution in [0.2, 0.25) is 0 Å². The van der Waals surface area contributed by atoms with Crippen molar-refractivity contribution in [3.05, 3.63) is 42.1 Å². The van der Waals surface area contributed by atoms with Crippen molar-refractivity contribution in [3.63, 3.8) is 0 Å². The highest BCUT2D eigenvalue weighted by Gasteiger charge is 2.27. The third-order valence-electron chi connectivity index (χ3n) is 6.19. The van der Waals surface area contributed by atoms with Gasteiger partial charge in [0.15, 0.2) is 0 Å². The molecule has 170 valence electrons. The normalized spacial score (nSPS) is 16.7. The molecule has 2 aliphatic rings. The summed E-state index contributed by atoms with van der Waals surface area (Å²) >= 11 is 0. The molecule has 0 saturated carbocycles. The number of carbonyl (C=O) groups excluding carboxylic acids is 2. The summed E-state index contributed by atoms with van der Waals surface area (Å²) in [6, 6.07) is 8.99. The largest absolute Gasteiger partial charge is 0.497 e. The number of methoxy groups -OCH3 is 2. The SMILES string of the molecule is COc1cc(NC(=O)C2CCN(c3cc(C(=O)N4CCCC4)ccn3)CC2)cc(OC)c1. The molecule has 0 aliphatic carbocycles. The first-order valence-corrected chi connectivity index (χ1v) is 11.1. The summed E-state index contributed by atoms with van der Waals surface area (Å²) in [6.45, 7) is 3.09. The number of nitrogens with one attached hydrogen (secondary N) is 1. The highest BCUT2D eigenvalue weighted by atomic mass is 16.5. The first kappa shape index (κ1) is 21.9. The van der Waals surface area contributed by atoms with Gasteiger partial charge in [-0.05, 0) is 37.8 Å². The smallest absolute Gasteiger partial charge is 0.254 e. The summed E-state index contributed by atoms with van der Waals surface area (Å²) in [5.41, 5.74) is 1.34. The molecule has 2 fully saturated rings. The molecule has 0 unspecified atom stereocenters. The molecule has 1 N–H and O–H groups in total. The van der Waals surface area contributed by atoms with Crippen molar-refractivity contribution in [2.24, 2.45) is 5.92 Å². The third kappa shape index (κ3) is 4.95. The lowest BCUT2D eigenvalue weighted by atomic mass is 9.95. The number of carbonyl (C=O) groups is 2. The average molecular weight is 439 g/mol. The minimum atomic E-state index is -0.0853. The number of anilines is 2. The van der Waals surface area contributed by atoms with Crippen LogP contribution in [-0.2, 0) is 4.79 Å². The Bertz CT molecular complexity index is 944. The molecule has 2 aliphatic heterocycles. The van der Waals surface area contributed by atoms with Crippen molar-refractivity contribution in [2.75, 3.05) is 50.6 Å². The van der Waals surface area contributed by atoms with Gasteiger partial charge in [0.1, 0.15) is 17.3 Å². The van der Waals surface area contributed by atoms with Gasteiger partial charge in [-0.15, -0.1) is 0 Å². The van der Waals surface area contributed by atoms with E-state index in [-0.39, 0.29) is 17.7 Å². The Morgan fingerprint density at radius 1 is 0.969 bits per heavy atom. The van der Waals surface area contributed by atoms with Gasteiger partial charge < -0.3 is 24.6 Å². The van der Waals surface area contributed by atoms with Crippen LogP contribution in [0.5, 0.6) is 11.5 Å². The van der Waals surface area contributed by atoms with Crippen LogP contribution in [0.1, 0.15) is 36.0 Å². The molecule has 0 spiro atoms. The first-order valence-electron chi connectivity index (χ1n) is 11.1. The fourth-order valence-corrected chi connectivity index (χ4v) is 4.32. The Labute approximate surface area is 188 Å². The lowest BCUT2D eigenvalue weighted by Crippen LogP contribution is -2.38. The van der Waals surface area contributed by atoms with Gasteiger partial charge >= 0.3 is 0 Å². The first-order chi connectivity index (χ1) is 15.6. The number of pyridine rings is 1. The number of piperidine rings is 1. The zero-order valence-electron chi connectivity index (χ0n) is 18.7. The van der Waals surface area contributed by atoms with Gasteiger partial charge in [0.2, 0.25) is 5.91 Å². The number of amides is 2. The van der Waals surface area contributed by atoms with Crippen molar-refractivity contribution < 1.29 is 19.1 Å². The van der Waals surface area contributed by atoms with Crippen molar-refractivity contribution in [1.29, 1.82) is 0 Å². The van der Waals surface area contributed by atoms with E-state index in [1.54, 1.807) is 44.7 Å². The van der Waals surface area contributed by atoms with Crippen LogP contribution < -0.4 is 19.7 Å². The summed E-state index contributed by atoms with van der Waals surface area (Å²) in [4.78, 5) is 34.1. The van der Waals surface area contributed by atoms with E-state index in [0.717, 1.165) is 44.6 Å². The van der Waals surface area contributed by atoms with Gasteiger partial charge in [-0.1, -0.05) is 0 Å². The number of nitrogens with zero attached hydrogens (tertiary/aromatic N) is 3. The Morgan fingerprint density at radius 2 is 1.62 bits per heavy atom. The van der Waals surface area contributed by atoms with E-state index in [1.165, 1.54) is 0 Å². The van der Waals surface area contributed by atoms with Crippen LogP contribution in [0.25, 0.3) is 0 Å². The maximum atomic E-state index is 12.8. The fraction of sp³-hybridized carbons (Fsp3) is 0.458. The molecule has 3 heterocycles. The maximum Gasteiger partial charge on any atom is 0.254 e. The lowest BCUT2D eigenvalue weighted by Gasteiger charge is -2.32. The van der Waals surface area contributed by atoms with Crippen molar-refractivity contribution in [1.82, 2.24) is 9.88 Å². The van der Waals surface area contributed by atoms with Gasteiger partial charge in [-0.3, -0.25) is 9.59 Å². The van der Waals surface area contributed by atoms with E-state index >= 15 is 0 Å². The molecule has 4 rings (SSSR count). The fourth-order valence-electron chi connectivity index (χ4n) is 4.32. The highest BCUT2D eigenvalue weighted by Crippen LogP contribution is 2.28. The molecule has 8 heteroatoms. The molecule has 2 saturated heterocycles. The molecular formula is C24H30N4O4. The molecule has 0 radical (unpaired) electrons. The Hall–Kier alpha value is -3.29. The van der Waals surface area contributed by atoms with E-state index in [2.05, 4.69) is 15.2 Å². The van der Waals surface area contributed by atoms with Crippen molar-refractivity contribution in [3.8, 4) is 11.5 Å². The van der Waals surface area contributed by atoms with E-state index in [1.807, 2.05) is 11.0 Å². The van der Waals surface area contributed by atoms with Crippen LogP contribution in [0.3, 0.4) is 0 Å². The number of ether oxygens (including phenoxy) is 2. The molecule has 1 aromatic carbocycles. The van der Waals surface area contributed by atoms with Crippen molar-refractivity contribution >= 4 is 23.3 Å². The summed E-state index contributed by atoms with van der Waals surface area (Å²) in [5, 5.41) is 2.99. The van der Waals surface area contributed by atoms with Gasteiger partial charge in [0, 0.05) is 67.7 Å². The minimum Gasteiger partial charge on any atom is -0.497 e. The molecule has 1 aromatic heterocycles. The standard InChI is InChI=1S/C24H30N4O4/c1-31-20-14-19(15-21(16-20)32-2)26-23(29)17-6-11-27(12-7-17)22-13-18(5-8-25-22)24(30)28-9-3-4-10-28/h5,8,13-17H,3-4,6-7,9-12H2,1-2H3,(H,26,29). The van der Waals surface area contributed by atoms with Crippen LogP contribution in [0.4, 0.5) is 11.5 Å². The summed E-state index contributed by atoms with van der Waals surface area (Å²) in [7, 11) is 3.16. The third-order valence-corrected chi connectivity index (χ3v) is 6.19. The van der Waals surface area contributed by atoms with E-state index in [0.29, 0.717) is 35.8 Å². The molecular weight excluding hydrogens is 408 g/mol. The molecule has 2 amide bonds. The monoisotopic (exact) mass is 438 g/mol. The Balaban J connectivity index is 1.35. The zero-order valence-corrected chi connectivity index (χ0v) is 18.7. The second kappa shape index (κ2) is 9.89. The van der Waals surface area contributed by atoms with Gasteiger partial charge in [-0.2, -0.15) is 0 Å². The maximum absolute atomic E-state index is 12.8. The predicted molar refractivity (Wildman–Crippen MR) is 122 cm³/mol. The predicted octanol–water partition coefficient (Wildman–Crippen LogP) is 3.19. The van der Waals surface area contributed by atoms with Crippen LogP contribution >= 0.6 is 0 Å². The molecule has 0 bridgehead atoms. The second-order valence-corrected chi connectivity index (χ2v) is 8.25. The van der Waals surface area contributed by atoms with E-state index < -0.39 is 0 Å². The molecule has 0 atom stereocenters. The highest BCUT2D eigenvalue weighted by molar-refractivity contribution is 5.95. The average Bonchev–Trinajstić information content (AvgIpc) is 3.38. The van der Waals surface area contributed by atoms with Gasteiger partial charge in [0.25, 0.3) is 5.91 Å². The summed E-state index contributed by atoms with van der Waals surface area (Å²) in [6.07, 6.45) is 5.29. The minimum absolute atomic E-state index is 0.00845. The van der Waals surface area contributed by atoms with Crippen LogP contribution in [0, 0.1) is 5.92 Å². The van der Waals surface area contributed by atoms with Gasteiger partial charge in [0.05, 0.1) is 14.2 Å². The Morgan fingerprint density at radius 3 is 2.25 bits per heavy atom. The van der Waals surface area contributed by atoms with Crippen LogP contribution in [0.15, 0.2) is 36.5 Å². The number of aromatic nitrogens is 1. The number of hydrogen-bond acceptors (Lipinski definition) is 6. The number of likely N-dealkylation sites (tertiary alicyclic amines) is 1. The Kier molecular flexibility index (Phi) is 6.78. The number of benzene rings is 1. The van der Waals surface area contributed by atoms with Gasteiger partial charge in [-0.25, -0.2) is 4.98 Å². The van der Waals surface area contributed by atoms with E-state index in [9.17, 15) is 9.59 Å². The molecule has 32 heavy (non-hydrogen) atoms. The number of hydrogen-bond donors (Lipinski definition) is 1. The zero-order chi connectivity index (χ0) is 22.5. The number of rotatable bonds is 6. The quantitative estimate of drug-likeness (QED) is 0.746.